The Morgan fingerprint density at radius 1 is 1.07 bits per heavy atom. The summed E-state index contributed by atoms with van der Waals surface area (Å²) in [5.74, 6) is -2.19. The van der Waals surface area contributed by atoms with Gasteiger partial charge in [-0.2, -0.15) is 18.2 Å². The number of alkyl halides is 5. The molecule has 6 nitrogen and oxygen atoms in total. The molecule has 4 heterocycles. The number of rotatable bonds is 3. The first-order valence-electron chi connectivity index (χ1n) is 9.62. The number of nitrogens with zero attached hydrogens (tertiary/aromatic N) is 5. The van der Waals surface area contributed by atoms with Gasteiger partial charge in [-0.25, -0.2) is 18.7 Å². The van der Waals surface area contributed by atoms with Crippen molar-refractivity contribution in [1.29, 1.82) is 0 Å². The summed E-state index contributed by atoms with van der Waals surface area (Å²) < 4.78 is 67.6. The molecule has 2 aliphatic heterocycles. The van der Waals surface area contributed by atoms with Gasteiger partial charge in [0.25, 0.3) is 5.92 Å². The van der Waals surface area contributed by atoms with Gasteiger partial charge in [0.1, 0.15) is 11.6 Å². The lowest BCUT2D eigenvalue weighted by Gasteiger charge is -2.40. The average Bonchev–Trinajstić information content (AvgIpc) is 2.65. The van der Waals surface area contributed by atoms with E-state index in [1.807, 2.05) is 4.90 Å². The zero-order valence-electron chi connectivity index (χ0n) is 16.3. The molecule has 0 saturated carbocycles. The molecule has 0 atom stereocenters. The molecule has 2 aromatic rings. The van der Waals surface area contributed by atoms with Crippen LogP contribution < -0.4 is 15.5 Å². The lowest BCUT2D eigenvalue weighted by Crippen LogP contribution is -2.56. The van der Waals surface area contributed by atoms with Crippen molar-refractivity contribution >= 4 is 17.6 Å². The van der Waals surface area contributed by atoms with Crippen LogP contribution in [0.2, 0.25) is 0 Å². The van der Waals surface area contributed by atoms with E-state index in [9.17, 15) is 22.0 Å². The first-order chi connectivity index (χ1) is 14.0. The van der Waals surface area contributed by atoms with Crippen LogP contribution >= 0.6 is 0 Å². The summed E-state index contributed by atoms with van der Waals surface area (Å²) in [7, 11) is 0. The topological polar surface area (TPSA) is 71.2 Å². The highest BCUT2D eigenvalue weighted by Crippen LogP contribution is 2.39. The quantitative estimate of drug-likeness (QED) is 0.750. The summed E-state index contributed by atoms with van der Waals surface area (Å²) in [6.45, 7) is 2.34. The third kappa shape index (κ3) is 4.10. The Balaban J connectivity index is 1.79. The largest absolute Gasteiger partial charge is 0.417 e. The molecule has 4 rings (SSSR count). The lowest BCUT2D eigenvalue weighted by atomic mass is 9.99. The Hall–Kier alpha value is -2.72. The Morgan fingerprint density at radius 2 is 1.73 bits per heavy atom. The van der Waals surface area contributed by atoms with Crippen molar-refractivity contribution in [3.05, 3.63) is 23.9 Å². The molecule has 2 aromatic heterocycles. The summed E-state index contributed by atoms with van der Waals surface area (Å²) in [4.78, 5) is 15.7. The molecule has 2 fully saturated rings. The third-order valence-corrected chi connectivity index (χ3v) is 5.44. The zero-order chi connectivity index (χ0) is 21.7. The van der Waals surface area contributed by atoms with Crippen molar-refractivity contribution in [2.24, 2.45) is 5.92 Å². The van der Waals surface area contributed by atoms with E-state index in [4.69, 9.17) is 5.73 Å². The molecular formula is C19H21F5N6. The number of nitrogens with two attached hydrogens (primary N) is 1. The van der Waals surface area contributed by atoms with Crippen molar-refractivity contribution in [2.75, 3.05) is 41.7 Å². The van der Waals surface area contributed by atoms with E-state index in [1.165, 1.54) is 11.0 Å². The number of aromatic nitrogens is 3. The summed E-state index contributed by atoms with van der Waals surface area (Å²) in [6.07, 6.45) is -1.89. The van der Waals surface area contributed by atoms with Crippen LogP contribution in [0.1, 0.15) is 25.3 Å². The first kappa shape index (κ1) is 20.5. The second kappa shape index (κ2) is 7.21. The van der Waals surface area contributed by atoms with Gasteiger partial charge < -0.3 is 15.5 Å². The van der Waals surface area contributed by atoms with Crippen LogP contribution in [0.5, 0.6) is 0 Å². The van der Waals surface area contributed by atoms with E-state index in [2.05, 4.69) is 21.9 Å². The lowest BCUT2D eigenvalue weighted by molar-refractivity contribution is -0.137. The minimum absolute atomic E-state index is 0.0244. The minimum Gasteiger partial charge on any atom is -0.384 e. The highest BCUT2D eigenvalue weighted by molar-refractivity contribution is 5.70. The van der Waals surface area contributed by atoms with Gasteiger partial charge in [0.2, 0.25) is 5.95 Å². The molecule has 0 unspecified atom stereocenters. The normalized spacial score (nSPS) is 19.7. The maximum Gasteiger partial charge on any atom is 0.417 e. The van der Waals surface area contributed by atoms with Crippen LogP contribution in [0.3, 0.4) is 0 Å². The molecule has 0 amide bonds. The fraction of sp³-hybridized carbons (Fsp3) is 0.526. The van der Waals surface area contributed by atoms with E-state index < -0.39 is 30.8 Å². The van der Waals surface area contributed by atoms with Crippen molar-refractivity contribution in [3.63, 3.8) is 0 Å². The van der Waals surface area contributed by atoms with E-state index in [0.29, 0.717) is 19.0 Å². The number of halogens is 5. The van der Waals surface area contributed by atoms with Crippen LogP contribution in [0.25, 0.3) is 11.3 Å². The molecule has 2 aliphatic rings. The average molecular weight is 428 g/mol. The maximum absolute atomic E-state index is 13.6. The van der Waals surface area contributed by atoms with Gasteiger partial charge in [0.15, 0.2) is 0 Å². The van der Waals surface area contributed by atoms with Crippen LogP contribution in [-0.4, -0.2) is 47.1 Å². The van der Waals surface area contributed by atoms with Gasteiger partial charge in [-0.1, -0.05) is 6.92 Å². The molecule has 0 spiro atoms. The van der Waals surface area contributed by atoms with Crippen LogP contribution in [0, 0.1) is 5.92 Å². The number of pyridine rings is 1. The van der Waals surface area contributed by atoms with Crippen molar-refractivity contribution in [1.82, 2.24) is 15.0 Å². The van der Waals surface area contributed by atoms with E-state index in [0.717, 1.165) is 25.1 Å². The molecule has 30 heavy (non-hydrogen) atoms. The second-order valence-corrected chi connectivity index (χ2v) is 7.95. The van der Waals surface area contributed by atoms with E-state index >= 15 is 0 Å². The highest BCUT2D eigenvalue weighted by Gasteiger charge is 2.45. The van der Waals surface area contributed by atoms with Gasteiger partial charge >= 0.3 is 6.18 Å². The summed E-state index contributed by atoms with van der Waals surface area (Å²) >= 11 is 0. The second-order valence-electron chi connectivity index (χ2n) is 7.95. The number of nitrogen functional groups attached to an aromatic ring is 1. The van der Waals surface area contributed by atoms with Crippen LogP contribution in [0.4, 0.5) is 39.5 Å². The van der Waals surface area contributed by atoms with Gasteiger partial charge in [-0.15, -0.1) is 0 Å². The summed E-state index contributed by atoms with van der Waals surface area (Å²) in [5, 5.41) is 0. The van der Waals surface area contributed by atoms with Crippen molar-refractivity contribution < 1.29 is 22.0 Å². The van der Waals surface area contributed by atoms with E-state index in [-0.39, 0.29) is 28.8 Å². The van der Waals surface area contributed by atoms with E-state index in [1.54, 1.807) is 0 Å². The maximum atomic E-state index is 13.6. The summed E-state index contributed by atoms with van der Waals surface area (Å²) in [5.41, 5.74) is 4.19. The standard InChI is InChI=1S/C19H21F5N6/c1-11-2-4-29(5-3-11)17-27-14(7-16(28-17)30-9-18(20,21)10-30)12-8-26-15(25)6-13(12)19(22,23)24/h6-8,11H,2-5,9-10H2,1H3,(H2,25,26). The smallest absolute Gasteiger partial charge is 0.384 e. The van der Waals surface area contributed by atoms with Gasteiger partial charge in [0.05, 0.1) is 24.3 Å². The molecule has 2 N–H and O–H groups in total. The first-order valence-corrected chi connectivity index (χ1v) is 9.62. The molecule has 0 bridgehead atoms. The van der Waals surface area contributed by atoms with Gasteiger partial charge in [0, 0.05) is 30.9 Å². The molecule has 2 saturated heterocycles. The van der Waals surface area contributed by atoms with Crippen molar-refractivity contribution in [2.45, 2.75) is 31.9 Å². The molecule has 0 aliphatic carbocycles. The molecule has 162 valence electrons. The van der Waals surface area contributed by atoms with Crippen LogP contribution in [-0.2, 0) is 6.18 Å². The number of piperidine rings is 1. The molecule has 0 radical (unpaired) electrons. The Bertz CT molecular complexity index is 931. The highest BCUT2D eigenvalue weighted by atomic mass is 19.4. The summed E-state index contributed by atoms with van der Waals surface area (Å²) in [6, 6.07) is 2.05. The number of hydrogen-bond donors (Lipinski definition) is 1. The molecule has 0 aromatic carbocycles. The van der Waals surface area contributed by atoms with Gasteiger partial charge in [-0.3, -0.25) is 0 Å². The number of hydrogen-bond acceptors (Lipinski definition) is 6. The predicted molar refractivity (Wildman–Crippen MR) is 102 cm³/mol. The fourth-order valence-corrected chi connectivity index (χ4v) is 3.66. The zero-order valence-corrected chi connectivity index (χ0v) is 16.3. The molecule has 11 heteroatoms. The predicted octanol–water partition coefficient (Wildman–Crippen LogP) is 3.83. The minimum atomic E-state index is -4.68. The Kier molecular flexibility index (Phi) is 4.94. The fourth-order valence-electron chi connectivity index (χ4n) is 3.66. The van der Waals surface area contributed by atoms with Crippen molar-refractivity contribution in [3.8, 4) is 11.3 Å². The monoisotopic (exact) mass is 428 g/mol. The number of anilines is 3. The molecular weight excluding hydrogens is 407 g/mol. The Morgan fingerprint density at radius 3 is 2.33 bits per heavy atom. The SMILES string of the molecule is CC1CCN(c2nc(-c3cnc(N)cc3C(F)(F)F)cc(N3CC(F)(F)C3)n2)CC1. The third-order valence-electron chi connectivity index (χ3n) is 5.44. The van der Waals surface area contributed by atoms with Gasteiger partial charge in [-0.05, 0) is 24.8 Å². The Labute approximate surface area is 169 Å². The van der Waals surface area contributed by atoms with Crippen LogP contribution in [0.15, 0.2) is 18.3 Å².